The number of aromatic nitrogens is 2. The predicted octanol–water partition coefficient (Wildman–Crippen LogP) is 2.43. The van der Waals surface area contributed by atoms with E-state index in [2.05, 4.69) is 5.10 Å². The number of rotatable bonds is 2. The molecule has 1 aromatic carbocycles. The SMILES string of the molecule is Cc1nn(-c2ccc(CN)cc2F)cc1Cl. The van der Waals surface area contributed by atoms with Gasteiger partial charge in [0.15, 0.2) is 0 Å². The van der Waals surface area contributed by atoms with Crippen LogP contribution in [0.25, 0.3) is 5.69 Å². The molecule has 0 saturated heterocycles. The molecule has 1 aromatic heterocycles. The normalized spacial score (nSPS) is 10.8. The second-order valence-corrected chi connectivity index (χ2v) is 3.90. The quantitative estimate of drug-likeness (QED) is 0.875. The van der Waals surface area contributed by atoms with E-state index in [-0.39, 0.29) is 5.82 Å². The number of nitrogens with two attached hydrogens (primary N) is 1. The lowest BCUT2D eigenvalue weighted by Gasteiger charge is -2.04. The summed E-state index contributed by atoms with van der Waals surface area (Å²) in [5.41, 5.74) is 7.21. The van der Waals surface area contributed by atoms with Gasteiger partial charge >= 0.3 is 0 Å². The maximum atomic E-state index is 13.7. The van der Waals surface area contributed by atoms with E-state index in [1.807, 2.05) is 0 Å². The van der Waals surface area contributed by atoms with Gasteiger partial charge in [0.05, 0.1) is 10.7 Å². The average molecular weight is 240 g/mol. The first-order chi connectivity index (χ1) is 7.61. The van der Waals surface area contributed by atoms with Gasteiger partial charge in [-0.05, 0) is 24.6 Å². The predicted molar refractivity (Wildman–Crippen MR) is 61.2 cm³/mol. The van der Waals surface area contributed by atoms with Crippen molar-refractivity contribution in [3.63, 3.8) is 0 Å². The number of benzene rings is 1. The third-order valence-electron chi connectivity index (χ3n) is 2.33. The maximum absolute atomic E-state index is 13.7. The van der Waals surface area contributed by atoms with E-state index < -0.39 is 0 Å². The molecule has 0 spiro atoms. The summed E-state index contributed by atoms with van der Waals surface area (Å²) in [6, 6.07) is 4.81. The molecule has 2 N–H and O–H groups in total. The minimum atomic E-state index is -0.359. The lowest BCUT2D eigenvalue weighted by Crippen LogP contribution is -2.02. The standard InChI is InChI=1S/C11H11ClFN3/c1-7-9(12)6-16(15-7)11-3-2-8(5-14)4-10(11)13/h2-4,6H,5,14H2,1H3. The Labute approximate surface area is 97.6 Å². The zero-order valence-corrected chi connectivity index (χ0v) is 9.50. The first-order valence-corrected chi connectivity index (χ1v) is 5.20. The molecule has 84 valence electrons. The second-order valence-electron chi connectivity index (χ2n) is 3.50. The second kappa shape index (κ2) is 4.23. The first-order valence-electron chi connectivity index (χ1n) is 4.82. The van der Waals surface area contributed by atoms with Gasteiger partial charge in [0.2, 0.25) is 0 Å². The Bertz CT molecular complexity index is 502. The van der Waals surface area contributed by atoms with Crippen LogP contribution in [0.3, 0.4) is 0 Å². The Kier molecular flexibility index (Phi) is 2.94. The van der Waals surface area contributed by atoms with E-state index >= 15 is 0 Å². The lowest BCUT2D eigenvalue weighted by atomic mass is 10.2. The van der Waals surface area contributed by atoms with E-state index in [0.717, 1.165) is 5.56 Å². The fraction of sp³-hybridized carbons (Fsp3) is 0.182. The van der Waals surface area contributed by atoms with Crippen LogP contribution in [0, 0.1) is 12.7 Å². The van der Waals surface area contributed by atoms with Crippen LogP contribution < -0.4 is 5.73 Å². The fourth-order valence-electron chi connectivity index (χ4n) is 1.43. The number of halogens is 2. The third kappa shape index (κ3) is 1.94. The monoisotopic (exact) mass is 239 g/mol. The summed E-state index contributed by atoms with van der Waals surface area (Å²) in [6.07, 6.45) is 1.58. The van der Waals surface area contributed by atoms with Crippen molar-refractivity contribution in [3.05, 3.63) is 46.5 Å². The molecule has 2 rings (SSSR count). The lowest BCUT2D eigenvalue weighted by molar-refractivity contribution is 0.608. The van der Waals surface area contributed by atoms with Gasteiger partial charge in [-0.25, -0.2) is 9.07 Å². The van der Waals surface area contributed by atoms with Crippen LogP contribution in [-0.4, -0.2) is 9.78 Å². The number of hydrogen-bond donors (Lipinski definition) is 1. The van der Waals surface area contributed by atoms with Crippen molar-refractivity contribution < 1.29 is 4.39 Å². The van der Waals surface area contributed by atoms with Crippen molar-refractivity contribution in [1.82, 2.24) is 9.78 Å². The largest absolute Gasteiger partial charge is 0.326 e. The van der Waals surface area contributed by atoms with E-state index in [9.17, 15) is 4.39 Å². The molecule has 0 aliphatic rings. The zero-order valence-electron chi connectivity index (χ0n) is 8.74. The van der Waals surface area contributed by atoms with E-state index in [1.54, 1.807) is 25.3 Å². The summed E-state index contributed by atoms with van der Waals surface area (Å²) in [7, 11) is 0. The summed E-state index contributed by atoms with van der Waals surface area (Å²) in [5, 5.41) is 4.63. The molecule has 0 unspecified atom stereocenters. The van der Waals surface area contributed by atoms with Gasteiger partial charge in [0, 0.05) is 12.7 Å². The molecule has 0 bridgehead atoms. The summed E-state index contributed by atoms with van der Waals surface area (Å²) < 4.78 is 15.1. The van der Waals surface area contributed by atoms with Crippen LogP contribution >= 0.6 is 11.6 Å². The van der Waals surface area contributed by atoms with Crippen molar-refractivity contribution in [1.29, 1.82) is 0 Å². The molecule has 0 amide bonds. The van der Waals surface area contributed by atoms with E-state index in [4.69, 9.17) is 17.3 Å². The van der Waals surface area contributed by atoms with Gasteiger partial charge in [-0.2, -0.15) is 5.10 Å². The van der Waals surface area contributed by atoms with Crippen LogP contribution in [0.5, 0.6) is 0 Å². The van der Waals surface area contributed by atoms with Crippen LogP contribution in [0.4, 0.5) is 4.39 Å². The van der Waals surface area contributed by atoms with Crippen LogP contribution in [0.15, 0.2) is 24.4 Å². The summed E-state index contributed by atoms with van der Waals surface area (Å²) >= 11 is 5.86. The van der Waals surface area contributed by atoms with E-state index in [0.29, 0.717) is 22.9 Å². The minimum absolute atomic E-state index is 0.316. The molecule has 5 heteroatoms. The van der Waals surface area contributed by atoms with Gasteiger partial charge in [-0.15, -0.1) is 0 Å². The Morgan fingerprint density at radius 3 is 2.75 bits per heavy atom. The molecule has 3 nitrogen and oxygen atoms in total. The Balaban J connectivity index is 2.48. The molecule has 0 aliphatic heterocycles. The van der Waals surface area contributed by atoms with Crippen LogP contribution in [0.2, 0.25) is 5.02 Å². The highest BCUT2D eigenvalue weighted by Gasteiger charge is 2.08. The fourth-order valence-corrected chi connectivity index (χ4v) is 1.56. The molecule has 0 atom stereocenters. The van der Waals surface area contributed by atoms with Gasteiger partial charge in [0.25, 0.3) is 0 Å². The molecule has 0 radical (unpaired) electrons. The van der Waals surface area contributed by atoms with Crippen molar-refractivity contribution in [3.8, 4) is 5.69 Å². The molecule has 0 saturated carbocycles. The molecule has 2 aromatic rings. The van der Waals surface area contributed by atoms with Crippen molar-refractivity contribution in [2.75, 3.05) is 0 Å². The Hall–Kier alpha value is -1.39. The molecular formula is C11H11ClFN3. The van der Waals surface area contributed by atoms with Crippen molar-refractivity contribution >= 4 is 11.6 Å². The number of hydrogen-bond acceptors (Lipinski definition) is 2. The Morgan fingerprint density at radius 1 is 1.50 bits per heavy atom. The third-order valence-corrected chi connectivity index (χ3v) is 2.70. The average Bonchev–Trinajstić information content (AvgIpc) is 2.58. The smallest absolute Gasteiger partial charge is 0.149 e. The summed E-state index contributed by atoms with van der Waals surface area (Å²) in [6.45, 7) is 2.08. The summed E-state index contributed by atoms with van der Waals surface area (Å²) in [4.78, 5) is 0. The molecular weight excluding hydrogens is 229 g/mol. The topological polar surface area (TPSA) is 43.8 Å². The number of aryl methyl sites for hydroxylation is 1. The molecule has 0 fully saturated rings. The highest BCUT2D eigenvalue weighted by Crippen LogP contribution is 2.19. The zero-order chi connectivity index (χ0) is 11.7. The summed E-state index contributed by atoms with van der Waals surface area (Å²) in [5.74, 6) is -0.359. The van der Waals surface area contributed by atoms with Crippen molar-refractivity contribution in [2.45, 2.75) is 13.5 Å². The Morgan fingerprint density at radius 2 is 2.25 bits per heavy atom. The highest BCUT2D eigenvalue weighted by molar-refractivity contribution is 6.31. The minimum Gasteiger partial charge on any atom is -0.326 e. The van der Waals surface area contributed by atoms with Gasteiger partial charge in [-0.3, -0.25) is 0 Å². The van der Waals surface area contributed by atoms with Crippen LogP contribution in [0.1, 0.15) is 11.3 Å². The van der Waals surface area contributed by atoms with Crippen molar-refractivity contribution in [2.24, 2.45) is 5.73 Å². The van der Waals surface area contributed by atoms with E-state index in [1.165, 1.54) is 10.7 Å². The number of nitrogens with zero attached hydrogens (tertiary/aromatic N) is 2. The molecule has 1 heterocycles. The first kappa shape index (κ1) is 11.1. The highest BCUT2D eigenvalue weighted by atomic mass is 35.5. The maximum Gasteiger partial charge on any atom is 0.149 e. The van der Waals surface area contributed by atoms with Gasteiger partial charge in [0.1, 0.15) is 11.5 Å². The van der Waals surface area contributed by atoms with Gasteiger partial charge in [-0.1, -0.05) is 17.7 Å². The molecule has 0 aliphatic carbocycles. The van der Waals surface area contributed by atoms with Gasteiger partial charge < -0.3 is 5.73 Å². The van der Waals surface area contributed by atoms with Crippen LogP contribution in [-0.2, 0) is 6.54 Å². The molecule has 16 heavy (non-hydrogen) atoms.